The molecule has 2 N–H and O–H groups in total. The van der Waals surface area contributed by atoms with Crippen LogP contribution in [0.25, 0.3) is 0 Å². The number of anilines is 1. The molecule has 2 fully saturated rings. The second-order valence-electron chi connectivity index (χ2n) is 11.8. The van der Waals surface area contributed by atoms with E-state index >= 15 is 4.39 Å². The molecular formula is C34H41F2N3O4S. The van der Waals surface area contributed by atoms with Gasteiger partial charge in [-0.1, -0.05) is 36.4 Å². The van der Waals surface area contributed by atoms with Gasteiger partial charge in [-0.3, -0.25) is 4.79 Å². The lowest BCUT2D eigenvalue weighted by atomic mass is 9.79. The fraction of sp³-hybridized carbons (Fsp3) is 0.441. The summed E-state index contributed by atoms with van der Waals surface area (Å²) < 4.78 is 63.0. The number of rotatable bonds is 11. The van der Waals surface area contributed by atoms with Gasteiger partial charge in [0.2, 0.25) is 15.9 Å². The molecule has 2 saturated heterocycles. The van der Waals surface area contributed by atoms with Crippen molar-refractivity contribution < 1.29 is 26.7 Å². The normalized spacial score (nSPS) is 20.7. The Morgan fingerprint density at radius 1 is 1.00 bits per heavy atom. The number of carbonyl (C=O) groups is 1. The molecule has 3 aromatic rings. The third kappa shape index (κ3) is 7.72. The van der Waals surface area contributed by atoms with Crippen LogP contribution in [-0.4, -0.2) is 57.0 Å². The summed E-state index contributed by atoms with van der Waals surface area (Å²) in [6.07, 6.45) is 3.21. The van der Waals surface area contributed by atoms with Crippen LogP contribution in [0.2, 0.25) is 0 Å². The topological polar surface area (TPSA) is 87.7 Å². The molecule has 5 rings (SSSR count). The van der Waals surface area contributed by atoms with Crippen molar-refractivity contribution in [2.24, 2.45) is 5.92 Å². The van der Waals surface area contributed by atoms with Gasteiger partial charge in [-0.2, -0.15) is 4.31 Å². The molecule has 0 spiro atoms. The number of hydrogen-bond donors (Lipinski definition) is 2. The van der Waals surface area contributed by atoms with Gasteiger partial charge in [-0.25, -0.2) is 17.2 Å². The molecule has 0 bridgehead atoms. The fourth-order valence-electron chi connectivity index (χ4n) is 6.61. The zero-order valence-electron chi connectivity index (χ0n) is 25.1. The second kappa shape index (κ2) is 14.7. The predicted octanol–water partition coefficient (Wildman–Crippen LogP) is 5.88. The van der Waals surface area contributed by atoms with Gasteiger partial charge in [0.25, 0.3) is 0 Å². The van der Waals surface area contributed by atoms with Crippen LogP contribution in [0.5, 0.6) is 0 Å². The number of sulfonamides is 1. The van der Waals surface area contributed by atoms with E-state index in [4.69, 9.17) is 4.74 Å². The van der Waals surface area contributed by atoms with Gasteiger partial charge in [0.15, 0.2) is 0 Å². The van der Waals surface area contributed by atoms with E-state index in [1.165, 1.54) is 18.2 Å². The smallest absolute Gasteiger partial charge is 0.243 e. The van der Waals surface area contributed by atoms with E-state index < -0.39 is 15.8 Å². The van der Waals surface area contributed by atoms with Crippen molar-refractivity contribution in [1.29, 1.82) is 0 Å². The van der Waals surface area contributed by atoms with Crippen LogP contribution < -0.4 is 10.6 Å². The van der Waals surface area contributed by atoms with Crippen LogP contribution in [0.3, 0.4) is 0 Å². The van der Waals surface area contributed by atoms with E-state index in [2.05, 4.69) is 10.6 Å². The zero-order chi connectivity index (χ0) is 31.1. The van der Waals surface area contributed by atoms with E-state index in [1.807, 2.05) is 6.92 Å². The maximum atomic E-state index is 15.2. The quantitative estimate of drug-likeness (QED) is 0.278. The first-order valence-corrected chi connectivity index (χ1v) is 16.9. The minimum atomic E-state index is -3.70. The number of benzene rings is 3. The third-order valence-electron chi connectivity index (χ3n) is 8.83. The number of nitrogens with zero attached hydrogens (tertiary/aromatic N) is 1. The summed E-state index contributed by atoms with van der Waals surface area (Å²) in [4.78, 5) is 13.7. The van der Waals surface area contributed by atoms with Crippen molar-refractivity contribution in [1.82, 2.24) is 9.62 Å². The Morgan fingerprint density at radius 3 is 2.45 bits per heavy atom. The van der Waals surface area contributed by atoms with E-state index in [1.54, 1.807) is 58.9 Å². The maximum absolute atomic E-state index is 15.2. The molecule has 3 unspecified atom stereocenters. The van der Waals surface area contributed by atoms with Crippen LogP contribution in [0.1, 0.15) is 56.1 Å². The molecule has 3 atom stereocenters. The summed E-state index contributed by atoms with van der Waals surface area (Å²) in [6.45, 7) is 4.20. The lowest BCUT2D eigenvalue weighted by Gasteiger charge is -2.40. The van der Waals surface area contributed by atoms with Crippen molar-refractivity contribution >= 4 is 21.6 Å². The Labute approximate surface area is 259 Å². The highest BCUT2D eigenvalue weighted by atomic mass is 32.2. The predicted molar refractivity (Wildman–Crippen MR) is 167 cm³/mol. The van der Waals surface area contributed by atoms with Gasteiger partial charge in [0.05, 0.1) is 4.90 Å². The number of halogens is 2. The third-order valence-corrected chi connectivity index (χ3v) is 10.9. The van der Waals surface area contributed by atoms with E-state index in [9.17, 15) is 17.6 Å². The molecule has 0 aliphatic carbocycles. The molecule has 0 aromatic heterocycles. The number of hydrogen-bond acceptors (Lipinski definition) is 5. The largest absolute Gasteiger partial charge is 0.381 e. The van der Waals surface area contributed by atoms with E-state index in [0.29, 0.717) is 56.8 Å². The minimum absolute atomic E-state index is 0.116. The standard InChI is InChI=1S/C34H41F2N3O4S/c1-24-22-37-23-28(39(24)44(41,42)29-8-3-2-4-9-29)7-5-10-30-32(36)11-6-12-33(30)38-34(40)21-31(26-17-19-43-20-18-26)25-13-15-27(35)16-14-25/h2-4,6,8-9,11-16,24,26,28,31,37H,5,7,10,17-23H2,1H3,(H,38,40). The number of ether oxygens (including phenoxy) is 1. The molecule has 10 heteroatoms. The van der Waals surface area contributed by atoms with Crippen molar-refractivity contribution in [3.8, 4) is 0 Å². The number of amides is 1. The van der Waals surface area contributed by atoms with Crippen LogP contribution in [0.4, 0.5) is 14.5 Å². The average Bonchev–Trinajstić information content (AvgIpc) is 3.02. The van der Waals surface area contributed by atoms with Gasteiger partial charge in [0.1, 0.15) is 11.6 Å². The molecule has 7 nitrogen and oxygen atoms in total. The van der Waals surface area contributed by atoms with Crippen molar-refractivity contribution in [3.63, 3.8) is 0 Å². The second-order valence-corrected chi connectivity index (χ2v) is 13.7. The first-order chi connectivity index (χ1) is 21.2. The lowest BCUT2D eigenvalue weighted by Crippen LogP contribution is -2.58. The Hall–Kier alpha value is -3.18. The van der Waals surface area contributed by atoms with Gasteiger partial charge in [-0.05, 0) is 92.8 Å². The minimum Gasteiger partial charge on any atom is -0.381 e. The van der Waals surface area contributed by atoms with Gasteiger partial charge in [0, 0.05) is 56.1 Å². The van der Waals surface area contributed by atoms with Crippen LogP contribution >= 0.6 is 0 Å². The Kier molecular flexibility index (Phi) is 10.8. The van der Waals surface area contributed by atoms with Gasteiger partial charge < -0.3 is 15.4 Å². The van der Waals surface area contributed by atoms with E-state index in [0.717, 1.165) is 18.4 Å². The van der Waals surface area contributed by atoms with Crippen molar-refractivity contribution in [2.75, 3.05) is 31.6 Å². The fourth-order valence-corrected chi connectivity index (χ4v) is 8.47. The highest BCUT2D eigenvalue weighted by molar-refractivity contribution is 7.89. The maximum Gasteiger partial charge on any atom is 0.243 e. The first kappa shape index (κ1) is 32.2. The molecule has 1 amide bonds. The summed E-state index contributed by atoms with van der Waals surface area (Å²) in [5.41, 5.74) is 1.72. The van der Waals surface area contributed by atoms with Crippen LogP contribution in [0, 0.1) is 17.6 Å². The Morgan fingerprint density at radius 2 is 1.73 bits per heavy atom. The summed E-state index contributed by atoms with van der Waals surface area (Å²) in [6, 6.07) is 18.9. The van der Waals surface area contributed by atoms with E-state index in [-0.39, 0.29) is 47.0 Å². The first-order valence-electron chi connectivity index (χ1n) is 15.4. The lowest BCUT2D eigenvalue weighted by molar-refractivity contribution is -0.117. The summed E-state index contributed by atoms with van der Waals surface area (Å²) >= 11 is 0. The summed E-state index contributed by atoms with van der Waals surface area (Å²) in [5.74, 6) is -0.870. The molecule has 2 aliphatic rings. The monoisotopic (exact) mass is 625 g/mol. The van der Waals surface area contributed by atoms with Crippen LogP contribution in [-0.2, 0) is 26.0 Å². The molecular weight excluding hydrogens is 584 g/mol. The SMILES string of the molecule is CC1CNCC(CCCc2c(F)cccc2NC(=O)CC(c2ccc(F)cc2)C2CCOCC2)N1S(=O)(=O)c1ccccc1. The molecule has 0 saturated carbocycles. The Balaban J connectivity index is 1.27. The summed E-state index contributed by atoms with van der Waals surface area (Å²) in [5, 5.41) is 6.28. The zero-order valence-corrected chi connectivity index (χ0v) is 25.9. The highest BCUT2D eigenvalue weighted by Crippen LogP contribution is 2.36. The number of piperazine rings is 1. The molecule has 2 heterocycles. The average molecular weight is 626 g/mol. The van der Waals surface area contributed by atoms with Crippen molar-refractivity contribution in [2.45, 2.75) is 68.3 Å². The number of nitrogens with one attached hydrogen (secondary N) is 2. The van der Waals surface area contributed by atoms with Gasteiger partial charge in [-0.15, -0.1) is 0 Å². The van der Waals surface area contributed by atoms with Crippen LogP contribution in [0.15, 0.2) is 77.7 Å². The van der Waals surface area contributed by atoms with Gasteiger partial charge >= 0.3 is 0 Å². The molecule has 0 radical (unpaired) electrons. The number of carbonyl (C=O) groups excluding carboxylic acids is 1. The molecule has 2 aliphatic heterocycles. The summed E-state index contributed by atoms with van der Waals surface area (Å²) in [7, 11) is -3.70. The molecule has 236 valence electrons. The molecule has 44 heavy (non-hydrogen) atoms. The Bertz CT molecular complexity index is 1500. The highest BCUT2D eigenvalue weighted by Gasteiger charge is 2.37. The van der Waals surface area contributed by atoms with Crippen molar-refractivity contribution in [3.05, 3.63) is 95.6 Å². The molecule has 3 aromatic carbocycles.